The number of carbonyl (C=O) groups is 1. The van der Waals surface area contributed by atoms with E-state index in [0.29, 0.717) is 12.2 Å². The fraction of sp³-hybridized carbons (Fsp3) is 0.217. The number of rotatable bonds is 5. The van der Waals surface area contributed by atoms with Gasteiger partial charge in [0, 0.05) is 33.3 Å². The Hall–Kier alpha value is -2.66. The molecular formula is C23H23BrN2O2. The van der Waals surface area contributed by atoms with E-state index in [2.05, 4.69) is 38.5 Å². The number of aliphatic imine (C=N–C) groups is 1. The van der Waals surface area contributed by atoms with Crippen LogP contribution < -0.4 is 0 Å². The summed E-state index contributed by atoms with van der Waals surface area (Å²) in [6, 6.07) is 15.6. The van der Waals surface area contributed by atoms with Gasteiger partial charge in [-0.25, -0.2) is 4.79 Å². The van der Waals surface area contributed by atoms with Gasteiger partial charge in [-0.15, -0.1) is 0 Å². The lowest BCUT2D eigenvalue weighted by Crippen LogP contribution is -2.06. The first kappa shape index (κ1) is 20.1. The molecule has 0 fully saturated rings. The summed E-state index contributed by atoms with van der Waals surface area (Å²) in [5, 5.41) is 0. The number of aromatic nitrogens is 1. The third-order valence-corrected chi connectivity index (χ3v) is 5.47. The van der Waals surface area contributed by atoms with Crippen LogP contribution in [0.2, 0.25) is 0 Å². The normalized spacial score (nSPS) is 11.2. The Labute approximate surface area is 174 Å². The number of esters is 1. The van der Waals surface area contributed by atoms with Crippen molar-refractivity contribution in [3.05, 3.63) is 81.1 Å². The predicted molar refractivity (Wildman–Crippen MR) is 117 cm³/mol. The highest BCUT2D eigenvalue weighted by molar-refractivity contribution is 9.10. The zero-order valence-corrected chi connectivity index (χ0v) is 18.1. The van der Waals surface area contributed by atoms with Gasteiger partial charge in [0.1, 0.15) is 0 Å². The summed E-state index contributed by atoms with van der Waals surface area (Å²) < 4.78 is 8.31. The van der Waals surface area contributed by atoms with Crippen LogP contribution in [-0.4, -0.2) is 23.4 Å². The molecule has 1 aromatic heterocycles. The van der Waals surface area contributed by atoms with Crippen molar-refractivity contribution in [2.75, 3.05) is 6.61 Å². The molecule has 0 radical (unpaired) electrons. The molecule has 0 N–H and O–H groups in total. The van der Waals surface area contributed by atoms with Crippen LogP contribution in [0.1, 0.15) is 39.8 Å². The monoisotopic (exact) mass is 438 g/mol. The molecule has 0 saturated carbocycles. The summed E-state index contributed by atoms with van der Waals surface area (Å²) in [4.78, 5) is 16.7. The number of carbonyl (C=O) groups excluding carboxylic acids is 1. The van der Waals surface area contributed by atoms with Crippen LogP contribution in [0, 0.1) is 20.8 Å². The van der Waals surface area contributed by atoms with E-state index in [9.17, 15) is 4.79 Å². The van der Waals surface area contributed by atoms with Gasteiger partial charge in [-0.3, -0.25) is 4.99 Å². The van der Waals surface area contributed by atoms with Crippen molar-refractivity contribution in [1.82, 2.24) is 4.57 Å². The van der Waals surface area contributed by atoms with Gasteiger partial charge >= 0.3 is 5.97 Å². The quantitative estimate of drug-likeness (QED) is 0.357. The molecule has 28 heavy (non-hydrogen) atoms. The van der Waals surface area contributed by atoms with Crippen molar-refractivity contribution >= 4 is 33.8 Å². The Kier molecular flexibility index (Phi) is 6.15. The van der Waals surface area contributed by atoms with E-state index in [1.54, 1.807) is 13.0 Å². The Balaban J connectivity index is 1.94. The van der Waals surface area contributed by atoms with E-state index in [0.717, 1.165) is 38.4 Å². The Morgan fingerprint density at radius 3 is 2.64 bits per heavy atom. The van der Waals surface area contributed by atoms with Gasteiger partial charge in [-0.1, -0.05) is 22.0 Å². The second-order valence-electron chi connectivity index (χ2n) is 6.62. The third kappa shape index (κ3) is 4.25. The number of aryl methyl sites for hydroxylation is 2. The lowest BCUT2D eigenvalue weighted by Gasteiger charge is -2.11. The first-order chi connectivity index (χ1) is 13.4. The summed E-state index contributed by atoms with van der Waals surface area (Å²) in [5.74, 6) is -0.306. The fourth-order valence-corrected chi connectivity index (χ4v) is 3.40. The summed E-state index contributed by atoms with van der Waals surface area (Å²) in [6.07, 6.45) is 1.89. The Morgan fingerprint density at radius 2 is 1.93 bits per heavy atom. The minimum absolute atomic E-state index is 0.306. The zero-order chi connectivity index (χ0) is 20.3. The molecule has 2 aromatic carbocycles. The molecule has 4 nitrogen and oxygen atoms in total. The maximum Gasteiger partial charge on any atom is 0.338 e. The number of halogens is 1. The largest absolute Gasteiger partial charge is 0.462 e. The van der Waals surface area contributed by atoms with E-state index in [1.165, 1.54) is 0 Å². The molecule has 0 spiro atoms. The number of hydrogen-bond donors (Lipinski definition) is 0. The highest BCUT2D eigenvalue weighted by Gasteiger charge is 2.12. The minimum atomic E-state index is -0.306. The second-order valence-corrected chi connectivity index (χ2v) is 7.48. The number of hydrogen-bond acceptors (Lipinski definition) is 3. The number of nitrogens with zero attached hydrogens (tertiary/aromatic N) is 2. The lowest BCUT2D eigenvalue weighted by atomic mass is 10.2. The van der Waals surface area contributed by atoms with E-state index >= 15 is 0 Å². The molecule has 0 saturated heterocycles. The molecule has 0 bridgehead atoms. The molecule has 0 aliphatic heterocycles. The van der Waals surface area contributed by atoms with E-state index in [-0.39, 0.29) is 5.97 Å². The summed E-state index contributed by atoms with van der Waals surface area (Å²) in [7, 11) is 0. The zero-order valence-electron chi connectivity index (χ0n) is 16.5. The summed E-state index contributed by atoms with van der Waals surface area (Å²) >= 11 is 3.51. The smallest absolute Gasteiger partial charge is 0.338 e. The Bertz CT molecular complexity index is 1050. The molecule has 0 atom stereocenters. The molecule has 1 heterocycles. The van der Waals surface area contributed by atoms with Gasteiger partial charge in [0.15, 0.2) is 0 Å². The van der Waals surface area contributed by atoms with Crippen LogP contribution in [0.25, 0.3) is 5.69 Å². The molecule has 3 aromatic rings. The first-order valence-electron chi connectivity index (χ1n) is 9.17. The molecular weight excluding hydrogens is 416 g/mol. The highest BCUT2D eigenvalue weighted by Crippen LogP contribution is 2.24. The van der Waals surface area contributed by atoms with Gasteiger partial charge < -0.3 is 9.30 Å². The molecule has 0 aliphatic rings. The van der Waals surface area contributed by atoms with Crippen molar-refractivity contribution in [3.63, 3.8) is 0 Å². The van der Waals surface area contributed by atoms with E-state index in [4.69, 9.17) is 4.74 Å². The van der Waals surface area contributed by atoms with Gasteiger partial charge in [0.05, 0.1) is 17.9 Å². The minimum Gasteiger partial charge on any atom is -0.462 e. The van der Waals surface area contributed by atoms with Crippen LogP contribution in [-0.2, 0) is 4.74 Å². The molecule has 0 amide bonds. The fourth-order valence-electron chi connectivity index (χ4n) is 3.16. The van der Waals surface area contributed by atoms with Crippen molar-refractivity contribution < 1.29 is 9.53 Å². The maximum atomic E-state index is 12.1. The van der Waals surface area contributed by atoms with Crippen LogP contribution in [0.5, 0.6) is 0 Å². The predicted octanol–water partition coefficient (Wildman–Crippen LogP) is 6.09. The summed E-state index contributed by atoms with van der Waals surface area (Å²) in [5.41, 5.74) is 6.72. The van der Waals surface area contributed by atoms with Gasteiger partial charge in [0.25, 0.3) is 0 Å². The van der Waals surface area contributed by atoms with Crippen LogP contribution >= 0.6 is 15.9 Å². The van der Waals surface area contributed by atoms with Crippen LogP contribution in [0.4, 0.5) is 5.69 Å². The van der Waals surface area contributed by atoms with E-state index in [1.807, 2.05) is 56.5 Å². The highest BCUT2D eigenvalue weighted by atomic mass is 79.9. The van der Waals surface area contributed by atoms with Crippen molar-refractivity contribution in [1.29, 1.82) is 0 Å². The second kappa shape index (κ2) is 8.57. The summed E-state index contributed by atoms with van der Waals surface area (Å²) in [6.45, 7) is 8.32. The van der Waals surface area contributed by atoms with Gasteiger partial charge in [-0.05, 0) is 75.7 Å². The van der Waals surface area contributed by atoms with Crippen LogP contribution in [0.15, 0.2) is 58.0 Å². The van der Waals surface area contributed by atoms with Crippen molar-refractivity contribution in [2.24, 2.45) is 4.99 Å². The average Bonchev–Trinajstić information content (AvgIpc) is 2.96. The van der Waals surface area contributed by atoms with Gasteiger partial charge in [0.2, 0.25) is 0 Å². The molecule has 3 rings (SSSR count). The molecule has 144 valence electrons. The standard InChI is InChI=1S/C23H23BrN2O2/c1-5-28-23(27)18-7-6-8-21(13-18)26-16(3)12-19(17(26)4)14-25-20-9-10-22(24)15(2)11-20/h6-14H,5H2,1-4H3. The third-order valence-electron chi connectivity index (χ3n) is 4.58. The number of benzene rings is 2. The molecule has 0 aliphatic carbocycles. The molecule has 5 heteroatoms. The van der Waals surface area contributed by atoms with Crippen molar-refractivity contribution in [3.8, 4) is 5.69 Å². The van der Waals surface area contributed by atoms with Gasteiger partial charge in [-0.2, -0.15) is 0 Å². The molecule has 0 unspecified atom stereocenters. The van der Waals surface area contributed by atoms with Crippen molar-refractivity contribution in [2.45, 2.75) is 27.7 Å². The maximum absolute atomic E-state index is 12.1. The SMILES string of the molecule is CCOC(=O)c1cccc(-n2c(C)cc(C=Nc3ccc(Br)c(C)c3)c2C)c1. The topological polar surface area (TPSA) is 43.6 Å². The Morgan fingerprint density at radius 1 is 1.14 bits per heavy atom. The number of ether oxygens (including phenoxy) is 1. The van der Waals surface area contributed by atoms with E-state index < -0.39 is 0 Å². The lowest BCUT2D eigenvalue weighted by molar-refractivity contribution is 0.0526. The van der Waals surface area contributed by atoms with Crippen LogP contribution in [0.3, 0.4) is 0 Å². The average molecular weight is 439 g/mol. The first-order valence-corrected chi connectivity index (χ1v) is 9.96.